The first-order valence-electron chi connectivity index (χ1n) is 6.45. The molecule has 0 bridgehead atoms. The Morgan fingerprint density at radius 2 is 1.90 bits per heavy atom. The van der Waals surface area contributed by atoms with E-state index in [4.69, 9.17) is 16.0 Å². The van der Waals surface area contributed by atoms with Gasteiger partial charge in [0, 0.05) is 12.1 Å². The summed E-state index contributed by atoms with van der Waals surface area (Å²) in [5.74, 6) is 0.273. The highest BCUT2D eigenvalue weighted by Crippen LogP contribution is 2.32. The van der Waals surface area contributed by atoms with Crippen molar-refractivity contribution in [3.05, 3.63) is 57.6 Å². The van der Waals surface area contributed by atoms with Gasteiger partial charge in [-0.2, -0.15) is 0 Å². The van der Waals surface area contributed by atoms with E-state index < -0.39 is 4.92 Å². The zero-order valence-corrected chi connectivity index (χ0v) is 12.3. The van der Waals surface area contributed by atoms with Crippen LogP contribution in [0.1, 0.15) is 13.8 Å². The third-order valence-electron chi connectivity index (χ3n) is 2.69. The van der Waals surface area contributed by atoms with Gasteiger partial charge >= 0.3 is 0 Å². The van der Waals surface area contributed by atoms with E-state index >= 15 is 0 Å². The van der Waals surface area contributed by atoms with Crippen LogP contribution in [0.15, 0.2) is 46.9 Å². The van der Waals surface area contributed by atoms with Crippen LogP contribution in [-0.4, -0.2) is 9.91 Å². The SMILES string of the molecule is CC.O=[N+]([O-])c1ccc(Cl)c(-c2nc3ccccc3o2)c1. The van der Waals surface area contributed by atoms with Crippen molar-refractivity contribution in [1.29, 1.82) is 0 Å². The third kappa shape index (κ3) is 3.03. The minimum atomic E-state index is -0.484. The smallest absolute Gasteiger partial charge is 0.270 e. The van der Waals surface area contributed by atoms with E-state index in [2.05, 4.69) is 4.98 Å². The summed E-state index contributed by atoms with van der Waals surface area (Å²) < 4.78 is 5.55. The van der Waals surface area contributed by atoms with Gasteiger partial charge < -0.3 is 4.42 Å². The molecule has 108 valence electrons. The lowest BCUT2D eigenvalue weighted by Gasteiger charge is -1.99. The summed E-state index contributed by atoms with van der Waals surface area (Å²) in [7, 11) is 0. The second-order valence-corrected chi connectivity index (χ2v) is 4.32. The number of hydrogen-bond acceptors (Lipinski definition) is 4. The number of hydrogen-bond donors (Lipinski definition) is 0. The van der Waals surface area contributed by atoms with Crippen LogP contribution < -0.4 is 0 Å². The molecule has 0 atom stereocenters. The fraction of sp³-hybridized carbons (Fsp3) is 0.133. The molecule has 0 aliphatic rings. The predicted octanol–water partition coefficient (Wildman–Crippen LogP) is 5.08. The summed E-state index contributed by atoms with van der Waals surface area (Å²) in [5, 5.41) is 11.1. The molecule has 1 heterocycles. The van der Waals surface area contributed by atoms with Crippen molar-refractivity contribution < 1.29 is 9.34 Å². The summed E-state index contributed by atoms with van der Waals surface area (Å²) in [6.07, 6.45) is 0. The number of rotatable bonds is 2. The van der Waals surface area contributed by atoms with Gasteiger partial charge in [-0.25, -0.2) is 4.98 Å². The van der Waals surface area contributed by atoms with Crippen molar-refractivity contribution in [2.24, 2.45) is 0 Å². The number of fused-ring (bicyclic) bond motifs is 1. The van der Waals surface area contributed by atoms with E-state index in [0.717, 1.165) is 0 Å². The zero-order valence-electron chi connectivity index (χ0n) is 11.5. The lowest BCUT2D eigenvalue weighted by atomic mass is 10.2. The molecule has 0 saturated carbocycles. The van der Waals surface area contributed by atoms with Crippen LogP contribution >= 0.6 is 11.6 Å². The fourth-order valence-electron chi connectivity index (χ4n) is 1.78. The van der Waals surface area contributed by atoms with Crippen molar-refractivity contribution in [2.45, 2.75) is 13.8 Å². The number of para-hydroxylation sites is 2. The summed E-state index contributed by atoms with van der Waals surface area (Å²) in [5.41, 5.74) is 1.65. The van der Waals surface area contributed by atoms with Gasteiger partial charge in [-0.05, 0) is 18.2 Å². The largest absolute Gasteiger partial charge is 0.436 e. The molecule has 21 heavy (non-hydrogen) atoms. The normalized spacial score (nSPS) is 10.0. The van der Waals surface area contributed by atoms with Crippen molar-refractivity contribution in [1.82, 2.24) is 4.98 Å². The third-order valence-corrected chi connectivity index (χ3v) is 3.01. The Morgan fingerprint density at radius 1 is 1.19 bits per heavy atom. The van der Waals surface area contributed by atoms with Gasteiger partial charge in [0.15, 0.2) is 5.58 Å². The first-order chi connectivity index (χ1) is 10.1. The standard InChI is InChI=1S/C13H7ClN2O3.C2H6/c14-10-6-5-8(16(17)18)7-9(10)13-15-11-3-1-2-4-12(11)19-13;1-2/h1-7H;1-2H3. The minimum absolute atomic E-state index is 0.0540. The summed E-state index contributed by atoms with van der Waals surface area (Å²) in [4.78, 5) is 14.6. The Labute approximate surface area is 126 Å². The number of nitro groups is 1. The predicted molar refractivity (Wildman–Crippen MR) is 82.5 cm³/mol. The summed E-state index contributed by atoms with van der Waals surface area (Å²) >= 11 is 6.04. The molecule has 1 aromatic heterocycles. The Bertz CT molecular complexity index is 750. The minimum Gasteiger partial charge on any atom is -0.436 e. The van der Waals surface area contributed by atoms with E-state index in [0.29, 0.717) is 21.7 Å². The van der Waals surface area contributed by atoms with Crippen molar-refractivity contribution >= 4 is 28.4 Å². The quantitative estimate of drug-likeness (QED) is 0.489. The number of halogens is 1. The second-order valence-electron chi connectivity index (χ2n) is 3.91. The van der Waals surface area contributed by atoms with E-state index in [9.17, 15) is 10.1 Å². The molecule has 0 spiro atoms. The van der Waals surface area contributed by atoms with Gasteiger partial charge in [0.25, 0.3) is 5.69 Å². The highest BCUT2D eigenvalue weighted by atomic mass is 35.5. The maximum atomic E-state index is 10.8. The molecule has 6 heteroatoms. The maximum Gasteiger partial charge on any atom is 0.270 e. The highest BCUT2D eigenvalue weighted by Gasteiger charge is 2.15. The van der Waals surface area contributed by atoms with E-state index in [-0.39, 0.29) is 11.6 Å². The number of nitro benzene ring substituents is 1. The average Bonchev–Trinajstić information content (AvgIpc) is 2.93. The Hall–Kier alpha value is -2.40. The molecule has 3 rings (SSSR count). The fourth-order valence-corrected chi connectivity index (χ4v) is 1.98. The summed E-state index contributed by atoms with van der Waals surface area (Å²) in [6, 6.07) is 11.4. The maximum absolute atomic E-state index is 10.8. The first kappa shape index (κ1) is 15.0. The Morgan fingerprint density at radius 3 is 2.57 bits per heavy atom. The average molecular weight is 305 g/mol. The van der Waals surface area contributed by atoms with Gasteiger partial charge in [-0.1, -0.05) is 37.6 Å². The van der Waals surface area contributed by atoms with Crippen LogP contribution in [0.25, 0.3) is 22.6 Å². The van der Waals surface area contributed by atoms with Crippen LogP contribution in [0.2, 0.25) is 5.02 Å². The monoisotopic (exact) mass is 304 g/mol. The van der Waals surface area contributed by atoms with Crippen LogP contribution in [0.5, 0.6) is 0 Å². The Kier molecular flexibility index (Phi) is 4.55. The molecule has 0 fully saturated rings. The van der Waals surface area contributed by atoms with Crippen LogP contribution in [0.4, 0.5) is 5.69 Å². The number of nitrogens with zero attached hydrogens (tertiary/aromatic N) is 2. The first-order valence-corrected chi connectivity index (χ1v) is 6.83. The van der Waals surface area contributed by atoms with Gasteiger partial charge in [0.1, 0.15) is 5.52 Å². The van der Waals surface area contributed by atoms with Crippen molar-refractivity contribution in [3.63, 3.8) is 0 Å². The lowest BCUT2D eigenvalue weighted by molar-refractivity contribution is -0.384. The number of oxazole rings is 1. The number of aromatic nitrogens is 1. The van der Waals surface area contributed by atoms with Gasteiger partial charge in [-0.15, -0.1) is 0 Å². The topological polar surface area (TPSA) is 69.2 Å². The molecule has 5 nitrogen and oxygen atoms in total. The molecule has 0 aliphatic carbocycles. The van der Waals surface area contributed by atoms with Crippen LogP contribution in [0.3, 0.4) is 0 Å². The molecular formula is C15H13ClN2O3. The molecule has 0 radical (unpaired) electrons. The zero-order chi connectivity index (χ0) is 15.4. The van der Waals surface area contributed by atoms with Gasteiger partial charge in [0.05, 0.1) is 15.5 Å². The molecule has 0 amide bonds. The lowest BCUT2D eigenvalue weighted by Crippen LogP contribution is -1.89. The van der Waals surface area contributed by atoms with E-state index in [1.54, 1.807) is 12.1 Å². The molecule has 0 saturated heterocycles. The molecule has 0 unspecified atom stereocenters. The van der Waals surface area contributed by atoms with Crippen molar-refractivity contribution in [3.8, 4) is 11.5 Å². The number of benzene rings is 2. The van der Waals surface area contributed by atoms with Crippen molar-refractivity contribution in [2.75, 3.05) is 0 Å². The van der Waals surface area contributed by atoms with Crippen LogP contribution in [-0.2, 0) is 0 Å². The molecule has 0 N–H and O–H groups in total. The van der Waals surface area contributed by atoms with E-state index in [1.165, 1.54) is 18.2 Å². The highest BCUT2D eigenvalue weighted by molar-refractivity contribution is 6.33. The second kappa shape index (κ2) is 6.37. The molecular weight excluding hydrogens is 292 g/mol. The molecule has 0 aliphatic heterocycles. The van der Waals surface area contributed by atoms with E-state index in [1.807, 2.05) is 26.0 Å². The van der Waals surface area contributed by atoms with Gasteiger partial charge in [-0.3, -0.25) is 10.1 Å². The molecule has 3 aromatic rings. The van der Waals surface area contributed by atoms with Crippen LogP contribution in [0, 0.1) is 10.1 Å². The van der Waals surface area contributed by atoms with Gasteiger partial charge in [0.2, 0.25) is 5.89 Å². The Balaban J connectivity index is 0.000000774. The number of non-ortho nitro benzene ring substituents is 1. The molecule has 2 aromatic carbocycles. The summed E-state index contributed by atoms with van der Waals surface area (Å²) in [6.45, 7) is 4.00.